The van der Waals surface area contributed by atoms with Gasteiger partial charge in [0.05, 0.1) is 6.61 Å². The first kappa shape index (κ1) is 15.1. The molecule has 0 aliphatic rings. The van der Waals surface area contributed by atoms with Crippen LogP contribution in [0.3, 0.4) is 0 Å². The number of ether oxygens (including phenoxy) is 1. The van der Waals surface area contributed by atoms with E-state index in [1.165, 1.54) is 12.8 Å². The maximum absolute atomic E-state index is 11.5. The van der Waals surface area contributed by atoms with Crippen molar-refractivity contribution < 1.29 is 8.95 Å². The SMILES string of the molecule is CCCCCS(=O)CCCNCCOC. The minimum atomic E-state index is -0.600. The zero-order valence-electron chi connectivity index (χ0n) is 10.1. The van der Waals surface area contributed by atoms with Gasteiger partial charge < -0.3 is 10.1 Å². The van der Waals surface area contributed by atoms with E-state index in [0.717, 1.165) is 44.0 Å². The Kier molecular flexibility index (Phi) is 12.2. The number of hydrogen-bond donors (Lipinski definition) is 1. The molecule has 0 radical (unpaired) electrons. The van der Waals surface area contributed by atoms with Gasteiger partial charge in [0.15, 0.2) is 0 Å². The Bertz CT molecular complexity index is 154. The van der Waals surface area contributed by atoms with Crippen LogP contribution in [0.15, 0.2) is 0 Å². The molecular formula is C11H25NO2S. The molecule has 0 aliphatic heterocycles. The number of hydrogen-bond acceptors (Lipinski definition) is 3. The molecule has 1 N–H and O–H groups in total. The molecule has 92 valence electrons. The zero-order valence-corrected chi connectivity index (χ0v) is 10.9. The van der Waals surface area contributed by atoms with Crippen LogP contribution < -0.4 is 5.32 Å². The molecule has 0 spiro atoms. The molecule has 0 aliphatic carbocycles. The number of methoxy groups -OCH3 is 1. The molecule has 3 nitrogen and oxygen atoms in total. The summed E-state index contributed by atoms with van der Waals surface area (Å²) in [6, 6.07) is 0. The number of unbranched alkanes of at least 4 members (excludes halogenated alkanes) is 2. The van der Waals surface area contributed by atoms with Crippen LogP contribution in [0.5, 0.6) is 0 Å². The predicted molar refractivity (Wildman–Crippen MR) is 66.8 cm³/mol. The van der Waals surface area contributed by atoms with E-state index in [2.05, 4.69) is 12.2 Å². The highest BCUT2D eigenvalue weighted by Gasteiger charge is 1.98. The maximum Gasteiger partial charge on any atom is 0.0587 e. The summed E-state index contributed by atoms with van der Waals surface area (Å²) in [5.74, 6) is 1.72. The van der Waals surface area contributed by atoms with Crippen LogP contribution in [-0.4, -0.2) is 42.5 Å². The van der Waals surface area contributed by atoms with Gasteiger partial charge in [-0.25, -0.2) is 0 Å². The molecule has 0 aromatic rings. The molecular weight excluding hydrogens is 210 g/mol. The highest BCUT2D eigenvalue weighted by molar-refractivity contribution is 7.84. The Morgan fingerprint density at radius 3 is 2.53 bits per heavy atom. The summed E-state index contributed by atoms with van der Waals surface area (Å²) in [7, 11) is 1.10. The van der Waals surface area contributed by atoms with E-state index in [1.807, 2.05) is 0 Å². The van der Waals surface area contributed by atoms with Crippen molar-refractivity contribution in [1.82, 2.24) is 5.32 Å². The lowest BCUT2D eigenvalue weighted by atomic mass is 10.3. The lowest BCUT2D eigenvalue weighted by molar-refractivity contribution is 0.199. The first-order chi connectivity index (χ1) is 7.31. The van der Waals surface area contributed by atoms with Crippen molar-refractivity contribution in [2.75, 3.05) is 38.3 Å². The van der Waals surface area contributed by atoms with Crippen LogP contribution in [0.25, 0.3) is 0 Å². The van der Waals surface area contributed by atoms with Crippen LogP contribution >= 0.6 is 0 Å². The summed E-state index contributed by atoms with van der Waals surface area (Å²) in [5, 5.41) is 3.25. The number of nitrogens with one attached hydrogen (secondary N) is 1. The molecule has 0 saturated heterocycles. The Balaban J connectivity index is 3.10. The molecule has 0 saturated carbocycles. The van der Waals surface area contributed by atoms with Crippen LogP contribution in [-0.2, 0) is 15.5 Å². The minimum Gasteiger partial charge on any atom is -0.383 e. The second kappa shape index (κ2) is 12.1. The Hall–Kier alpha value is 0.0700. The van der Waals surface area contributed by atoms with Crippen LogP contribution in [0.4, 0.5) is 0 Å². The van der Waals surface area contributed by atoms with Crippen molar-refractivity contribution in [2.24, 2.45) is 0 Å². The highest BCUT2D eigenvalue weighted by atomic mass is 32.2. The molecule has 0 aromatic heterocycles. The minimum absolute atomic E-state index is 0.600. The van der Waals surface area contributed by atoms with Gasteiger partial charge in [0.2, 0.25) is 0 Å². The van der Waals surface area contributed by atoms with Gasteiger partial charge in [-0.15, -0.1) is 0 Å². The Morgan fingerprint density at radius 2 is 1.87 bits per heavy atom. The number of rotatable bonds is 11. The summed E-state index contributed by atoms with van der Waals surface area (Å²) in [5.41, 5.74) is 0. The fourth-order valence-electron chi connectivity index (χ4n) is 1.27. The van der Waals surface area contributed by atoms with Crippen molar-refractivity contribution in [2.45, 2.75) is 32.6 Å². The van der Waals surface area contributed by atoms with E-state index in [1.54, 1.807) is 7.11 Å². The molecule has 1 unspecified atom stereocenters. The molecule has 0 heterocycles. The molecule has 4 heteroatoms. The maximum atomic E-state index is 11.5. The van der Waals surface area contributed by atoms with Gasteiger partial charge in [-0.2, -0.15) is 0 Å². The van der Waals surface area contributed by atoms with Gasteiger partial charge >= 0.3 is 0 Å². The Labute approximate surface area is 96.4 Å². The van der Waals surface area contributed by atoms with E-state index in [-0.39, 0.29) is 0 Å². The summed E-state index contributed by atoms with van der Waals surface area (Å²) in [4.78, 5) is 0. The average Bonchev–Trinajstić information content (AvgIpc) is 2.23. The first-order valence-electron chi connectivity index (χ1n) is 5.86. The normalized spacial score (nSPS) is 12.9. The predicted octanol–water partition coefficient (Wildman–Crippen LogP) is 1.55. The van der Waals surface area contributed by atoms with Crippen LogP contribution in [0.1, 0.15) is 32.6 Å². The average molecular weight is 235 g/mol. The topological polar surface area (TPSA) is 38.3 Å². The standard InChI is InChI=1S/C11H25NO2S/c1-3-4-5-10-15(13)11-6-7-12-8-9-14-2/h12H,3-11H2,1-2H3. The molecule has 0 aromatic carbocycles. The van der Waals surface area contributed by atoms with Crippen molar-refractivity contribution in [3.8, 4) is 0 Å². The lowest BCUT2D eigenvalue weighted by Crippen LogP contribution is -2.21. The zero-order chi connectivity index (χ0) is 11.4. The molecule has 0 amide bonds. The fraction of sp³-hybridized carbons (Fsp3) is 1.00. The quantitative estimate of drug-likeness (QED) is 0.552. The fourth-order valence-corrected chi connectivity index (χ4v) is 2.47. The monoisotopic (exact) mass is 235 g/mol. The second-order valence-corrected chi connectivity index (χ2v) is 5.35. The summed E-state index contributed by atoms with van der Waals surface area (Å²) >= 11 is 0. The van der Waals surface area contributed by atoms with Gasteiger partial charge in [0.25, 0.3) is 0 Å². The van der Waals surface area contributed by atoms with E-state index in [4.69, 9.17) is 4.74 Å². The van der Waals surface area contributed by atoms with Crippen molar-refractivity contribution in [3.05, 3.63) is 0 Å². The van der Waals surface area contributed by atoms with Crippen LogP contribution in [0, 0.1) is 0 Å². The largest absolute Gasteiger partial charge is 0.383 e. The first-order valence-corrected chi connectivity index (χ1v) is 7.34. The van der Waals surface area contributed by atoms with E-state index in [0.29, 0.717) is 0 Å². The third kappa shape index (κ3) is 12.0. The van der Waals surface area contributed by atoms with E-state index < -0.39 is 10.8 Å². The van der Waals surface area contributed by atoms with Crippen molar-refractivity contribution in [1.29, 1.82) is 0 Å². The third-order valence-corrected chi connectivity index (χ3v) is 3.67. The molecule has 0 bridgehead atoms. The van der Waals surface area contributed by atoms with Gasteiger partial charge in [0, 0.05) is 36.0 Å². The molecule has 15 heavy (non-hydrogen) atoms. The molecule has 0 fully saturated rings. The van der Waals surface area contributed by atoms with E-state index in [9.17, 15) is 4.21 Å². The smallest absolute Gasteiger partial charge is 0.0587 e. The third-order valence-electron chi connectivity index (χ3n) is 2.18. The van der Waals surface area contributed by atoms with Gasteiger partial charge in [-0.1, -0.05) is 19.8 Å². The van der Waals surface area contributed by atoms with Gasteiger partial charge in [-0.05, 0) is 19.4 Å². The molecule has 1 atom stereocenters. The van der Waals surface area contributed by atoms with Crippen LogP contribution in [0.2, 0.25) is 0 Å². The van der Waals surface area contributed by atoms with Gasteiger partial charge in [0.1, 0.15) is 0 Å². The lowest BCUT2D eigenvalue weighted by Gasteiger charge is -2.04. The summed E-state index contributed by atoms with van der Waals surface area (Å²) in [6.07, 6.45) is 4.52. The van der Waals surface area contributed by atoms with Crippen molar-refractivity contribution in [3.63, 3.8) is 0 Å². The summed E-state index contributed by atoms with van der Waals surface area (Å²) < 4.78 is 16.4. The summed E-state index contributed by atoms with van der Waals surface area (Å²) in [6.45, 7) is 4.75. The van der Waals surface area contributed by atoms with Gasteiger partial charge in [-0.3, -0.25) is 4.21 Å². The Morgan fingerprint density at radius 1 is 1.13 bits per heavy atom. The second-order valence-electron chi connectivity index (χ2n) is 3.65. The molecule has 0 rings (SSSR count). The van der Waals surface area contributed by atoms with E-state index >= 15 is 0 Å². The van der Waals surface area contributed by atoms with Crippen molar-refractivity contribution >= 4 is 10.8 Å². The highest BCUT2D eigenvalue weighted by Crippen LogP contribution is 1.97.